The Hall–Kier alpha value is -1.46. The minimum absolute atomic E-state index is 0.0410. The van der Waals surface area contributed by atoms with Crippen LogP contribution in [0.4, 0.5) is 4.79 Å². The summed E-state index contributed by atoms with van der Waals surface area (Å²) in [5.41, 5.74) is 0. The molecule has 2 amide bonds. The molecule has 23 heavy (non-hydrogen) atoms. The molecule has 5 nitrogen and oxygen atoms in total. The lowest BCUT2D eigenvalue weighted by atomic mass is 10.1. The zero-order chi connectivity index (χ0) is 16.7. The van der Waals surface area contributed by atoms with E-state index in [1.165, 1.54) is 0 Å². The van der Waals surface area contributed by atoms with Crippen LogP contribution in [0.3, 0.4) is 0 Å². The molecule has 6 heteroatoms. The van der Waals surface area contributed by atoms with Gasteiger partial charge < -0.3 is 19.7 Å². The van der Waals surface area contributed by atoms with Crippen LogP contribution in [0.25, 0.3) is 0 Å². The Morgan fingerprint density at radius 3 is 2.70 bits per heavy atom. The van der Waals surface area contributed by atoms with Crippen molar-refractivity contribution in [2.45, 2.75) is 38.4 Å². The molecule has 1 aromatic rings. The first-order chi connectivity index (χ1) is 11.1. The summed E-state index contributed by atoms with van der Waals surface area (Å²) in [5, 5.41) is 3.54. The number of carbonyl (C=O) groups excluding carboxylic acids is 1. The van der Waals surface area contributed by atoms with Crippen LogP contribution in [0, 0.1) is 0 Å². The van der Waals surface area contributed by atoms with Gasteiger partial charge in [-0.25, -0.2) is 4.79 Å². The molecule has 1 aliphatic heterocycles. The van der Waals surface area contributed by atoms with Crippen LogP contribution in [0.15, 0.2) is 24.3 Å². The van der Waals surface area contributed by atoms with Crippen molar-refractivity contribution in [3.63, 3.8) is 0 Å². The maximum absolute atomic E-state index is 12.2. The highest BCUT2D eigenvalue weighted by molar-refractivity contribution is 6.32. The number of nitrogens with zero attached hydrogens (tertiary/aromatic N) is 1. The number of ether oxygens (including phenoxy) is 2. The van der Waals surface area contributed by atoms with E-state index in [0.717, 1.165) is 32.4 Å². The molecule has 128 valence electrons. The normalized spacial score (nSPS) is 16.9. The number of benzene rings is 1. The lowest BCUT2D eigenvalue weighted by Gasteiger charge is -2.31. The van der Waals surface area contributed by atoms with Gasteiger partial charge in [0.15, 0.2) is 0 Å². The number of methoxy groups -OCH3 is 1. The molecule has 1 atom stereocenters. The minimum Gasteiger partial charge on any atom is -0.487 e. The highest BCUT2D eigenvalue weighted by Gasteiger charge is 2.23. The average molecular weight is 341 g/mol. The van der Waals surface area contributed by atoms with Gasteiger partial charge in [-0.15, -0.1) is 0 Å². The van der Waals surface area contributed by atoms with Crippen molar-refractivity contribution in [2.75, 3.05) is 26.7 Å². The Morgan fingerprint density at radius 2 is 2.09 bits per heavy atom. The van der Waals surface area contributed by atoms with Gasteiger partial charge in [0.05, 0.1) is 17.7 Å². The topological polar surface area (TPSA) is 50.8 Å². The summed E-state index contributed by atoms with van der Waals surface area (Å²) in [6, 6.07) is 7.33. The highest BCUT2D eigenvalue weighted by Crippen LogP contribution is 2.24. The third-order valence-electron chi connectivity index (χ3n) is 4.13. The number of urea groups is 1. The number of nitrogens with one attached hydrogen (secondary N) is 1. The zero-order valence-electron chi connectivity index (χ0n) is 13.8. The predicted octanol–water partition coefficient (Wildman–Crippen LogP) is 3.32. The van der Waals surface area contributed by atoms with E-state index in [1.54, 1.807) is 13.2 Å². The second-order valence-corrected chi connectivity index (χ2v) is 6.09. The second kappa shape index (κ2) is 8.99. The summed E-state index contributed by atoms with van der Waals surface area (Å²) in [7, 11) is 1.72. The minimum atomic E-state index is -0.102. The number of rotatable bonds is 6. The van der Waals surface area contributed by atoms with E-state index < -0.39 is 0 Å². The SMILES string of the molecule is CC[C@H](CNC(=O)N1CCC(OC)CC1)Oc1ccccc1Cl. The average Bonchev–Trinajstić information content (AvgIpc) is 2.60. The van der Waals surface area contributed by atoms with Gasteiger partial charge >= 0.3 is 6.03 Å². The van der Waals surface area contributed by atoms with E-state index in [0.29, 0.717) is 17.3 Å². The van der Waals surface area contributed by atoms with Gasteiger partial charge in [-0.1, -0.05) is 30.7 Å². The number of hydrogen-bond acceptors (Lipinski definition) is 3. The van der Waals surface area contributed by atoms with E-state index in [1.807, 2.05) is 30.0 Å². The van der Waals surface area contributed by atoms with E-state index in [-0.39, 0.29) is 18.2 Å². The third kappa shape index (κ3) is 5.29. The molecule has 0 bridgehead atoms. The molecule has 1 heterocycles. The van der Waals surface area contributed by atoms with Crippen LogP contribution in [-0.4, -0.2) is 49.9 Å². The molecule has 0 aliphatic carbocycles. The Kier molecular flexibility index (Phi) is 6.99. The number of hydrogen-bond donors (Lipinski definition) is 1. The molecule has 0 aromatic heterocycles. The molecule has 1 aliphatic rings. The predicted molar refractivity (Wildman–Crippen MR) is 91.2 cm³/mol. The lowest BCUT2D eigenvalue weighted by Crippen LogP contribution is -2.48. The fraction of sp³-hybridized carbons (Fsp3) is 0.588. The van der Waals surface area contributed by atoms with Gasteiger partial charge in [0.25, 0.3) is 0 Å². The van der Waals surface area contributed by atoms with E-state index >= 15 is 0 Å². The number of para-hydroxylation sites is 1. The number of carbonyl (C=O) groups is 1. The number of likely N-dealkylation sites (tertiary alicyclic amines) is 1. The quantitative estimate of drug-likeness (QED) is 0.864. The zero-order valence-corrected chi connectivity index (χ0v) is 14.5. The fourth-order valence-corrected chi connectivity index (χ4v) is 2.78. The van der Waals surface area contributed by atoms with Crippen molar-refractivity contribution in [1.29, 1.82) is 0 Å². The second-order valence-electron chi connectivity index (χ2n) is 5.69. The Bertz CT molecular complexity index is 504. The van der Waals surface area contributed by atoms with Gasteiger partial charge in [-0.05, 0) is 31.4 Å². The molecular weight excluding hydrogens is 316 g/mol. The summed E-state index contributed by atoms with van der Waals surface area (Å²) in [4.78, 5) is 14.1. The van der Waals surface area contributed by atoms with Crippen molar-refractivity contribution in [3.8, 4) is 5.75 Å². The number of amides is 2. The fourth-order valence-electron chi connectivity index (χ4n) is 2.60. The van der Waals surface area contributed by atoms with Crippen LogP contribution in [0.1, 0.15) is 26.2 Å². The summed E-state index contributed by atoms with van der Waals surface area (Å²) >= 11 is 6.10. The van der Waals surface area contributed by atoms with Gasteiger partial charge in [-0.3, -0.25) is 0 Å². The molecule has 1 aromatic carbocycles. The Morgan fingerprint density at radius 1 is 1.39 bits per heavy atom. The molecule has 0 saturated carbocycles. The van der Waals surface area contributed by atoms with Gasteiger partial charge in [0.2, 0.25) is 0 Å². The van der Waals surface area contributed by atoms with E-state index in [4.69, 9.17) is 21.1 Å². The number of halogens is 1. The summed E-state index contributed by atoms with van der Waals surface area (Å²) < 4.78 is 11.2. The van der Waals surface area contributed by atoms with E-state index in [2.05, 4.69) is 5.32 Å². The maximum atomic E-state index is 12.2. The molecule has 1 fully saturated rings. The van der Waals surface area contributed by atoms with Crippen molar-refractivity contribution in [3.05, 3.63) is 29.3 Å². The lowest BCUT2D eigenvalue weighted by molar-refractivity contribution is 0.0499. The first-order valence-corrected chi connectivity index (χ1v) is 8.48. The molecule has 1 N–H and O–H groups in total. The molecular formula is C17H25ClN2O3. The molecule has 0 unspecified atom stereocenters. The molecule has 1 saturated heterocycles. The summed E-state index contributed by atoms with van der Waals surface area (Å²) in [6.07, 6.45) is 2.73. The highest BCUT2D eigenvalue weighted by atomic mass is 35.5. The smallest absolute Gasteiger partial charge is 0.317 e. The van der Waals surface area contributed by atoms with Crippen molar-refractivity contribution in [2.24, 2.45) is 0 Å². The molecule has 0 spiro atoms. The van der Waals surface area contributed by atoms with Crippen molar-refractivity contribution in [1.82, 2.24) is 10.2 Å². The first-order valence-electron chi connectivity index (χ1n) is 8.10. The Balaban J connectivity index is 1.79. The van der Waals surface area contributed by atoms with Crippen molar-refractivity contribution < 1.29 is 14.3 Å². The largest absolute Gasteiger partial charge is 0.487 e. The van der Waals surface area contributed by atoms with Crippen molar-refractivity contribution >= 4 is 17.6 Å². The number of piperidine rings is 1. The third-order valence-corrected chi connectivity index (χ3v) is 4.44. The standard InChI is InChI=1S/C17H25ClN2O3/c1-3-13(23-16-7-5-4-6-15(16)18)12-19-17(21)20-10-8-14(22-2)9-11-20/h4-7,13-14H,3,8-12H2,1-2H3,(H,19,21)/t13-/m1/s1. The van der Waals surface area contributed by atoms with Crippen LogP contribution < -0.4 is 10.1 Å². The van der Waals surface area contributed by atoms with E-state index in [9.17, 15) is 4.79 Å². The van der Waals surface area contributed by atoms with Crippen LogP contribution in [-0.2, 0) is 4.74 Å². The first kappa shape index (κ1) is 17.9. The Labute approximate surface area is 142 Å². The van der Waals surface area contributed by atoms with Gasteiger partial charge in [0.1, 0.15) is 11.9 Å². The molecule has 0 radical (unpaired) electrons. The van der Waals surface area contributed by atoms with Crippen LogP contribution in [0.2, 0.25) is 5.02 Å². The maximum Gasteiger partial charge on any atom is 0.317 e. The summed E-state index contributed by atoms with van der Waals surface area (Å²) in [6.45, 7) is 3.95. The summed E-state index contributed by atoms with van der Waals surface area (Å²) in [5.74, 6) is 0.649. The van der Waals surface area contributed by atoms with Gasteiger partial charge in [-0.2, -0.15) is 0 Å². The van der Waals surface area contributed by atoms with Crippen LogP contribution >= 0.6 is 11.6 Å². The van der Waals surface area contributed by atoms with Gasteiger partial charge in [0, 0.05) is 20.2 Å². The van der Waals surface area contributed by atoms with Crippen LogP contribution in [0.5, 0.6) is 5.75 Å². The molecule has 2 rings (SSSR count). The monoisotopic (exact) mass is 340 g/mol.